The second-order valence-electron chi connectivity index (χ2n) is 10.9. The minimum Gasteiger partial charge on any atom is -0.481 e. The molecule has 2 heterocycles. The number of benzene rings is 2. The van der Waals surface area contributed by atoms with Gasteiger partial charge in [-0.25, -0.2) is 4.79 Å². The summed E-state index contributed by atoms with van der Waals surface area (Å²) >= 11 is 0. The van der Waals surface area contributed by atoms with Crippen molar-refractivity contribution in [2.45, 2.75) is 56.9 Å². The van der Waals surface area contributed by atoms with Crippen LogP contribution in [0.25, 0.3) is 0 Å². The van der Waals surface area contributed by atoms with E-state index in [2.05, 4.69) is 12.1 Å². The standard InChI is InChI=1S/C30H37N3O5/c1-31(24-11-9-23(10-12-24)22-7-8-22)29(37)32-17-15-30(16-18-32,28(35)36)21-27(34)33(25-5-3-2-4-6-25)26-13-19-38-20-14-26/h2-6,9-12,22,26H,7-8,13-21H2,1H3,(H,35,36). The number of piperidine rings is 1. The van der Waals surface area contributed by atoms with E-state index in [1.807, 2.05) is 42.5 Å². The van der Waals surface area contributed by atoms with Gasteiger partial charge in [-0.2, -0.15) is 0 Å². The van der Waals surface area contributed by atoms with Crippen LogP contribution in [0.5, 0.6) is 0 Å². The summed E-state index contributed by atoms with van der Waals surface area (Å²) in [4.78, 5) is 44.7. The van der Waals surface area contributed by atoms with Gasteiger partial charge in [-0.1, -0.05) is 30.3 Å². The number of urea groups is 1. The molecule has 8 heteroatoms. The minimum atomic E-state index is -1.20. The average Bonchev–Trinajstić information content (AvgIpc) is 3.80. The van der Waals surface area contributed by atoms with Crippen LogP contribution >= 0.6 is 0 Å². The highest BCUT2D eigenvalue weighted by atomic mass is 16.5. The topological polar surface area (TPSA) is 90.4 Å². The molecule has 38 heavy (non-hydrogen) atoms. The van der Waals surface area contributed by atoms with E-state index in [-0.39, 0.29) is 37.2 Å². The van der Waals surface area contributed by atoms with Crippen LogP contribution in [-0.4, -0.2) is 67.3 Å². The number of hydrogen-bond acceptors (Lipinski definition) is 4. The van der Waals surface area contributed by atoms with Crippen LogP contribution in [0.1, 0.15) is 56.4 Å². The summed E-state index contributed by atoms with van der Waals surface area (Å²) in [6, 6.07) is 17.4. The third-order valence-corrected chi connectivity index (χ3v) is 8.41. The van der Waals surface area contributed by atoms with Crippen molar-refractivity contribution in [3.63, 3.8) is 0 Å². The number of nitrogens with zero attached hydrogens (tertiary/aromatic N) is 3. The summed E-state index contributed by atoms with van der Waals surface area (Å²) in [7, 11) is 1.75. The minimum absolute atomic E-state index is 0.0221. The van der Waals surface area contributed by atoms with Crippen molar-refractivity contribution in [3.8, 4) is 0 Å². The van der Waals surface area contributed by atoms with Crippen LogP contribution in [0, 0.1) is 5.41 Å². The molecule has 1 aliphatic carbocycles. The maximum absolute atomic E-state index is 13.7. The van der Waals surface area contributed by atoms with E-state index in [1.165, 1.54) is 18.4 Å². The average molecular weight is 520 g/mol. The Bertz CT molecular complexity index is 1130. The first-order valence-electron chi connectivity index (χ1n) is 13.7. The highest BCUT2D eigenvalue weighted by molar-refractivity contribution is 5.97. The molecule has 202 valence electrons. The van der Waals surface area contributed by atoms with E-state index in [1.54, 1.807) is 21.7 Å². The summed E-state index contributed by atoms with van der Waals surface area (Å²) in [5.74, 6) is -0.497. The van der Waals surface area contributed by atoms with Gasteiger partial charge in [-0.15, -0.1) is 0 Å². The number of para-hydroxylation sites is 1. The largest absolute Gasteiger partial charge is 0.481 e. The van der Waals surface area contributed by atoms with E-state index < -0.39 is 11.4 Å². The number of aliphatic carboxylic acids is 1. The number of anilines is 2. The number of amides is 3. The Morgan fingerprint density at radius 2 is 1.55 bits per heavy atom. The third kappa shape index (κ3) is 5.55. The molecule has 3 amide bonds. The molecule has 0 aromatic heterocycles. The molecule has 8 nitrogen and oxygen atoms in total. The van der Waals surface area contributed by atoms with E-state index in [0.717, 1.165) is 24.2 Å². The third-order valence-electron chi connectivity index (χ3n) is 8.41. The van der Waals surface area contributed by atoms with Crippen LogP contribution < -0.4 is 9.80 Å². The highest BCUT2D eigenvalue weighted by Gasteiger charge is 2.46. The van der Waals surface area contributed by atoms with Crippen molar-refractivity contribution >= 4 is 29.3 Å². The predicted octanol–water partition coefficient (Wildman–Crippen LogP) is 4.89. The smallest absolute Gasteiger partial charge is 0.324 e. The molecular formula is C30H37N3O5. The van der Waals surface area contributed by atoms with Crippen LogP contribution in [0.2, 0.25) is 0 Å². The number of hydrogen-bond donors (Lipinski definition) is 1. The molecule has 2 aromatic carbocycles. The Morgan fingerprint density at radius 3 is 2.13 bits per heavy atom. The quantitative estimate of drug-likeness (QED) is 0.563. The van der Waals surface area contributed by atoms with Crippen molar-refractivity contribution in [3.05, 3.63) is 60.2 Å². The molecule has 2 saturated heterocycles. The van der Waals surface area contributed by atoms with Crippen molar-refractivity contribution < 1.29 is 24.2 Å². The molecule has 3 aliphatic rings. The van der Waals surface area contributed by atoms with Gasteiger partial charge in [0.1, 0.15) is 0 Å². The van der Waals surface area contributed by atoms with Gasteiger partial charge in [0.2, 0.25) is 5.91 Å². The highest BCUT2D eigenvalue weighted by Crippen LogP contribution is 2.41. The van der Waals surface area contributed by atoms with E-state index in [0.29, 0.717) is 32.2 Å². The lowest BCUT2D eigenvalue weighted by atomic mass is 9.75. The van der Waals surface area contributed by atoms with Crippen LogP contribution in [0.4, 0.5) is 16.2 Å². The molecule has 1 saturated carbocycles. The van der Waals surface area contributed by atoms with Gasteiger partial charge in [0.05, 0.1) is 5.41 Å². The molecule has 2 aliphatic heterocycles. The number of carboxylic acids is 1. The van der Waals surface area contributed by atoms with Gasteiger partial charge in [-0.05, 0) is 74.3 Å². The Labute approximate surface area is 224 Å². The van der Waals surface area contributed by atoms with E-state index >= 15 is 0 Å². The van der Waals surface area contributed by atoms with E-state index in [9.17, 15) is 19.5 Å². The van der Waals surface area contributed by atoms with E-state index in [4.69, 9.17) is 4.74 Å². The van der Waals surface area contributed by atoms with Gasteiger partial charge in [0.25, 0.3) is 0 Å². The molecule has 0 radical (unpaired) electrons. The fourth-order valence-corrected chi connectivity index (χ4v) is 5.77. The van der Waals surface area contributed by atoms with Crippen molar-refractivity contribution in [1.82, 2.24) is 4.90 Å². The van der Waals surface area contributed by atoms with Gasteiger partial charge >= 0.3 is 12.0 Å². The number of ether oxygens (including phenoxy) is 1. The number of rotatable bonds is 7. The molecule has 0 bridgehead atoms. The van der Waals surface area contributed by atoms with Crippen LogP contribution in [-0.2, 0) is 14.3 Å². The molecule has 5 rings (SSSR count). The normalized spacial score (nSPS) is 19.6. The Balaban J connectivity index is 1.26. The fraction of sp³-hybridized carbons (Fsp3) is 0.500. The molecule has 3 fully saturated rings. The molecule has 0 spiro atoms. The Morgan fingerprint density at radius 1 is 0.921 bits per heavy atom. The molecule has 2 aromatic rings. The first kappa shape index (κ1) is 26.2. The maximum Gasteiger partial charge on any atom is 0.324 e. The summed E-state index contributed by atoms with van der Waals surface area (Å²) in [5.41, 5.74) is 1.72. The van der Waals surface area contributed by atoms with Crippen LogP contribution in [0.3, 0.4) is 0 Å². The van der Waals surface area contributed by atoms with Crippen molar-refractivity contribution in [1.29, 1.82) is 0 Å². The maximum atomic E-state index is 13.7. The predicted molar refractivity (Wildman–Crippen MR) is 145 cm³/mol. The number of carbonyl (C=O) groups excluding carboxylic acids is 2. The molecule has 0 unspecified atom stereocenters. The summed E-state index contributed by atoms with van der Waals surface area (Å²) in [5, 5.41) is 10.3. The van der Waals surface area contributed by atoms with Crippen molar-refractivity contribution in [2.75, 3.05) is 43.2 Å². The number of likely N-dealkylation sites (tertiary alicyclic amines) is 1. The molecular weight excluding hydrogens is 482 g/mol. The second-order valence-corrected chi connectivity index (χ2v) is 10.9. The van der Waals surface area contributed by atoms with Crippen LogP contribution in [0.15, 0.2) is 54.6 Å². The zero-order chi connectivity index (χ0) is 26.7. The molecule has 0 atom stereocenters. The van der Waals surface area contributed by atoms with Crippen molar-refractivity contribution in [2.24, 2.45) is 5.41 Å². The second kappa shape index (κ2) is 11.2. The summed E-state index contributed by atoms with van der Waals surface area (Å²) in [6.07, 6.45) is 4.29. The summed E-state index contributed by atoms with van der Waals surface area (Å²) < 4.78 is 5.50. The van der Waals surface area contributed by atoms with Gasteiger partial charge < -0.3 is 19.6 Å². The Hall–Kier alpha value is -3.39. The number of carboxylic acid groups (broad SMARTS) is 1. The first-order chi connectivity index (χ1) is 18.4. The lowest BCUT2D eigenvalue weighted by Crippen LogP contribution is -2.52. The SMILES string of the molecule is CN(C(=O)N1CCC(CC(=O)N(c2ccccc2)C2CCOCC2)(C(=O)O)CC1)c1ccc(C2CC2)cc1. The lowest BCUT2D eigenvalue weighted by molar-refractivity contribution is -0.154. The number of carbonyl (C=O) groups is 3. The van der Waals surface area contributed by atoms with Gasteiger partial charge in [-0.3, -0.25) is 14.5 Å². The zero-order valence-electron chi connectivity index (χ0n) is 22.1. The molecule has 1 N–H and O–H groups in total. The lowest BCUT2D eigenvalue weighted by Gasteiger charge is -2.41. The van der Waals surface area contributed by atoms with Gasteiger partial charge in [0.15, 0.2) is 0 Å². The summed E-state index contributed by atoms with van der Waals surface area (Å²) in [6.45, 7) is 1.76. The first-order valence-corrected chi connectivity index (χ1v) is 13.7. The zero-order valence-corrected chi connectivity index (χ0v) is 22.1. The Kier molecular flexibility index (Phi) is 7.70. The van der Waals surface area contributed by atoms with Gasteiger partial charge in [0, 0.05) is 57.2 Å². The fourth-order valence-electron chi connectivity index (χ4n) is 5.77. The monoisotopic (exact) mass is 519 g/mol.